The van der Waals surface area contributed by atoms with Crippen molar-refractivity contribution in [2.45, 2.75) is 0 Å². The summed E-state index contributed by atoms with van der Waals surface area (Å²) in [6, 6.07) is 6.76. The predicted molar refractivity (Wildman–Crippen MR) is 72.7 cm³/mol. The fourth-order valence-electron chi connectivity index (χ4n) is 1.30. The minimum Gasteiger partial charge on any atom is -0.455 e. The largest absolute Gasteiger partial charge is 0.455 e. The molecule has 0 unspecified atom stereocenters. The fraction of sp³-hybridized carbons (Fsp3) is 0. The molecule has 0 aromatic heterocycles. The van der Waals surface area contributed by atoms with E-state index in [0.29, 0.717) is 4.47 Å². The van der Waals surface area contributed by atoms with Gasteiger partial charge >= 0.3 is 0 Å². The molecule has 6 heteroatoms. The van der Waals surface area contributed by atoms with E-state index in [-0.39, 0.29) is 21.7 Å². The van der Waals surface area contributed by atoms with Crippen LogP contribution < -0.4 is 10.5 Å². The molecular weight excluding hydrogens is 372 g/mol. The molecule has 0 bridgehead atoms. The number of nitrogens with two attached hydrogens (primary N) is 1. The van der Waals surface area contributed by atoms with E-state index in [2.05, 4.69) is 31.9 Å². The highest BCUT2D eigenvalue weighted by Crippen LogP contribution is 2.33. The standard InChI is InChI=1S/C12H7Br2F2NO/c13-7-2-1-6(3-9(7)15)18-12-5-10(16)8(14)4-11(12)17/h1-5H,17H2. The van der Waals surface area contributed by atoms with Crippen molar-refractivity contribution >= 4 is 37.5 Å². The van der Waals surface area contributed by atoms with Crippen LogP contribution in [0.1, 0.15) is 0 Å². The maximum Gasteiger partial charge on any atom is 0.153 e. The smallest absolute Gasteiger partial charge is 0.153 e. The van der Waals surface area contributed by atoms with Crippen molar-refractivity contribution in [2.75, 3.05) is 5.73 Å². The van der Waals surface area contributed by atoms with Gasteiger partial charge in [-0.1, -0.05) is 0 Å². The van der Waals surface area contributed by atoms with Crippen LogP contribution >= 0.6 is 31.9 Å². The zero-order valence-electron chi connectivity index (χ0n) is 8.88. The molecule has 18 heavy (non-hydrogen) atoms. The molecule has 0 saturated heterocycles. The van der Waals surface area contributed by atoms with Crippen LogP contribution in [0.4, 0.5) is 14.5 Å². The summed E-state index contributed by atoms with van der Waals surface area (Å²) < 4.78 is 32.5. The van der Waals surface area contributed by atoms with Gasteiger partial charge in [-0.25, -0.2) is 8.78 Å². The van der Waals surface area contributed by atoms with Gasteiger partial charge in [-0.3, -0.25) is 0 Å². The van der Waals surface area contributed by atoms with E-state index in [9.17, 15) is 8.78 Å². The van der Waals surface area contributed by atoms with Crippen molar-refractivity contribution in [1.82, 2.24) is 0 Å². The molecule has 0 fully saturated rings. The summed E-state index contributed by atoms with van der Waals surface area (Å²) in [5, 5.41) is 0. The number of benzene rings is 2. The molecule has 0 amide bonds. The molecule has 2 N–H and O–H groups in total. The number of hydrogen-bond acceptors (Lipinski definition) is 2. The van der Waals surface area contributed by atoms with Gasteiger partial charge in [-0.15, -0.1) is 0 Å². The van der Waals surface area contributed by atoms with Gasteiger partial charge in [-0.05, 0) is 50.1 Å². The molecule has 0 aliphatic heterocycles. The van der Waals surface area contributed by atoms with Gasteiger partial charge in [0.2, 0.25) is 0 Å². The molecule has 0 atom stereocenters. The third kappa shape index (κ3) is 2.81. The van der Waals surface area contributed by atoms with Crippen molar-refractivity contribution in [2.24, 2.45) is 0 Å². The number of ether oxygens (including phenoxy) is 1. The number of nitrogen functional groups attached to an aromatic ring is 1. The summed E-state index contributed by atoms with van der Waals surface area (Å²) in [5.74, 6) is -0.595. The summed E-state index contributed by atoms with van der Waals surface area (Å²) in [5.41, 5.74) is 5.94. The molecular formula is C12H7Br2F2NO. The predicted octanol–water partition coefficient (Wildman–Crippen LogP) is 4.86. The Morgan fingerprint density at radius 3 is 2.28 bits per heavy atom. The Bertz CT molecular complexity index is 605. The van der Waals surface area contributed by atoms with Crippen molar-refractivity contribution in [3.63, 3.8) is 0 Å². The number of halogens is 4. The summed E-state index contributed by atoms with van der Waals surface area (Å²) in [7, 11) is 0. The Hall–Kier alpha value is -1.14. The second kappa shape index (κ2) is 5.24. The zero-order chi connectivity index (χ0) is 13.3. The average Bonchev–Trinajstić information content (AvgIpc) is 2.31. The lowest BCUT2D eigenvalue weighted by molar-refractivity contribution is 0.472. The van der Waals surface area contributed by atoms with Crippen LogP contribution in [0.5, 0.6) is 11.5 Å². The molecule has 2 rings (SSSR count). The Labute approximate surface area is 119 Å². The van der Waals surface area contributed by atoms with Crippen LogP contribution in [0, 0.1) is 11.6 Å². The normalized spacial score (nSPS) is 10.4. The molecule has 0 radical (unpaired) electrons. The van der Waals surface area contributed by atoms with Crippen LogP contribution in [0.3, 0.4) is 0 Å². The van der Waals surface area contributed by atoms with E-state index in [4.69, 9.17) is 10.5 Å². The van der Waals surface area contributed by atoms with Crippen LogP contribution in [0.15, 0.2) is 39.3 Å². The molecule has 0 spiro atoms. The summed E-state index contributed by atoms with van der Waals surface area (Å²) in [6.45, 7) is 0. The van der Waals surface area contributed by atoms with Gasteiger partial charge in [0.25, 0.3) is 0 Å². The first kappa shape index (κ1) is 13.3. The number of rotatable bonds is 2. The van der Waals surface area contributed by atoms with E-state index in [1.807, 2.05) is 0 Å². The number of anilines is 1. The van der Waals surface area contributed by atoms with Crippen molar-refractivity contribution in [3.05, 3.63) is 50.9 Å². The van der Waals surface area contributed by atoms with Crippen LogP contribution in [0.25, 0.3) is 0 Å². The maximum atomic E-state index is 13.3. The highest BCUT2D eigenvalue weighted by Gasteiger charge is 2.09. The lowest BCUT2D eigenvalue weighted by atomic mass is 10.3. The monoisotopic (exact) mass is 377 g/mol. The Morgan fingerprint density at radius 2 is 1.61 bits per heavy atom. The summed E-state index contributed by atoms with van der Waals surface area (Å²) in [4.78, 5) is 0. The van der Waals surface area contributed by atoms with Gasteiger partial charge in [0.15, 0.2) is 5.75 Å². The third-order valence-corrected chi connectivity index (χ3v) is 3.42. The minimum atomic E-state index is -0.503. The van der Waals surface area contributed by atoms with E-state index >= 15 is 0 Å². The van der Waals surface area contributed by atoms with Gasteiger partial charge in [0.1, 0.15) is 17.4 Å². The molecule has 0 aliphatic rings. The molecule has 94 valence electrons. The van der Waals surface area contributed by atoms with Gasteiger partial charge in [-0.2, -0.15) is 0 Å². The van der Waals surface area contributed by atoms with Gasteiger partial charge in [0.05, 0.1) is 14.6 Å². The van der Waals surface area contributed by atoms with Crippen LogP contribution in [-0.2, 0) is 0 Å². The highest BCUT2D eigenvalue weighted by atomic mass is 79.9. The van der Waals surface area contributed by atoms with Crippen molar-refractivity contribution in [1.29, 1.82) is 0 Å². The first-order valence-electron chi connectivity index (χ1n) is 4.85. The fourth-order valence-corrected chi connectivity index (χ4v) is 1.91. The summed E-state index contributed by atoms with van der Waals surface area (Å²) in [6.07, 6.45) is 0. The first-order chi connectivity index (χ1) is 8.47. The average molecular weight is 379 g/mol. The molecule has 2 nitrogen and oxygen atoms in total. The third-order valence-electron chi connectivity index (χ3n) is 2.17. The van der Waals surface area contributed by atoms with Crippen molar-refractivity contribution < 1.29 is 13.5 Å². The molecule has 0 aliphatic carbocycles. The zero-order valence-corrected chi connectivity index (χ0v) is 12.1. The van der Waals surface area contributed by atoms with Crippen LogP contribution in [-0.4, -0.2) is 0 Å². The molecule has 2 aromatic rings. The minimum absolute atomic E-state index is 0.137. The second-order valence-corrected chi connectivity index (χ2v) is 5.19. The molecule has 0 saturated carbocycles. The SMILES string of the molecule is Nc1cc(Br)c(F)cc1Oc1ccc(Br)c(F)c1. The summed E-state index contributed by atoms with van der Waals surface area (Å²) >= 11 is 6.04. The number of hydrogen-bond donors (Lipinski definition) is 1. The van der Waals surface area contributed by atoms with E-state index in [1.54, 1.807) is 6.07 Å². The lowest BCUT2D eigenvalue weighted by Gasteiger charge is -2.09. The van der Waals surface area contributed by atoms with Gasteiger partial charge in [0, 0.05) is 12.1 Å². The topological polar surface area (TPSA) is 35.2 Å². The van der Waals surface area contributed by atoms with Crippen molar-refractivity contribution in [3.8, 4) is 11.5 Å². The molecule has 2 aromatic carbocycles. The maximum absolute atomic E-state index is 13.3. The highest BCUT2D eigenvalue weighted by molar-refractivity contribution is 9.10. The second-order valence-electron chi connectivity index (χ2n) is 3.48. The lowest BCUT2D eigenvalue weighted by Crippen LogP contribution is -1.94. The Balaban J connectivity index is 2.34. The van der Waals surface area contributed by atoms with Gasteiger partial charge < -0.3 is 10.5 Å². The Morgan fingerprint density at radius 1 is 0.944 bits per heavy atom. The first-order valence-corrected chi connectivity index (χ1v) is 6.43. The van der Waals surface area contributed by atoms with E-state index in [0.717, 1.165) is 6.07 Å². The van der Waals surface area contributed by atoms with E-state index in [1.165, 1.54) is 18.2 Å². The van der Waals surface area contributed by atoms with E-state index < -0.39 is 11.6 Å². The quantitative estimate of drug-likeness (QED) is 0.757. The Kier molecular flexibility index (Phi) is 3.87. The molecule has 0 heterocycles. The van der Waals surface area contributed by atoms with Crippen LogP contribution in [0.2, 0.25) is 0 Å².